The number of likely N-dealkylation sites (tertiary alicyclic amines) is 1. The monoisotopic (exact) mass is 444 g/mol. The van der Waals surface area contributed by atoms with E-state index in [0.29, 0.717) is 11.7 Å². The number of hydrogen-bond acceptors (Lipinski definition) is 7. The third-order valence-electron chi connectivity index (χ3n) is 6.78. The van der Waals surface area contributed by atoms with Crippen molar-refractivity contribution in [3.8, 4) is 11.4 Å². The van der Waals surface area contributed by atoms with Crippen LogP contribution in [0.15, 0.2) is 53.3 Å². The van der Waals surface area contributed by atoms with Crippen molar-refractivity contribution in [2.75, 3.05) is 37.7 Å². The number of morpholine rings is 1. The van der Waals surface area contributed by atoms with Crippen molar-refractivity contribution in [2.24, 2.45) is 7.05 Å². The summed E-state index contributed by atoms with van der Waals surface area (Å²) in [7, 11) is 2.11. The van der Waals surface area contributed by atoms with Gasteiger partial charge in [-0.3, -0.25) is 4.90 Å². The summed E-state index contributed by atoms with van der Waals surface area (Å²) in [5.74, 6) is 2.26. The van der Waals surface area contributed by atoms with E-state index in [0.717, 1.165) is 63.6 Å². The van der Waals surface area contributed by atoms with Gasteiger partial charge in [0.05, 0.1) is 19.3 Å². The van der Waals surface area contributed by atoms with Crippen LogP contribution < -0.4 is 4.90 Å². The van der Waals surface area contributed by atoms with Gasteiger partial charge in [-0.25, -0.2) is 4.98 Å². The van der Waals surface area contributed by atoms with Gasteiger partial charge in [0.2, 0.25) is 11.7 Å². The average molecular weight is 445 g/mol. The molecule has 6 rings (SSSR count). The zero-order valence-electron chi connectivity index (χ0n) is 18.9. The van der Waals surface area contributed by atoms with E-state index in [-0.39, 0.29) is 6.04 Å². The van der Waals surface area contributed by atoms with E-state index < -0.39 is 0 Å². The van der Waals surface area contributed by atoms with E-state index in [4.69, 9.17) is 14.2 Å². The summed E-state index contributed by atoms with van der Waals surface area (Å²) in [6, 6.07) is 12.8. The van der Waals surface area contributed by atoms with Gasteiger partial charge < -0.3 is 18.7 Å². The Labute approximate surface area is 192 Å². The number of aryl methyl sites for hydroxylation is 1. The predicted octanol–water partition coefficient (Wildman–Crippen LogP) is 3.80. The molecule has 5 heterocycles. The summed E-state index contributed by atoms with van der Waals surface area (Å²) in [4.78, 5) is 14.1. The van der Waals surface area contributed by atoms with Gasteiger partial charge in [0.1, 0.15) is 5.82 Å². The highest BCUT2D eigenvalue weighted by atomic mass is 16.5. The SMILES string of the molecule is Cn1cc(CN2CCCC2c2nc(-c3ccc(N4CCOCC4)nc3)no2)c2ccccc21. The van der Waals surface area contributed by atoms with Crippen LogP contribution in [0.5, 0.6) is 0 Å². The van der Waals surface area contributed by atoms with Gasteiger partial charge in [0.25, 0.3) is 0 Å². The molecule has 0 bridgehead atoms. The van der Waals surface area contributed by atoms with Crippen molar-refractivity contribution in [3.05, 3.63) is 60.2 Å². The Morgan fingerprint density at radius 2 is 1.94 bits per heavy atom. The van der Waals surface area contributed by atoms with Crippen LogP contribution in [0, 0.1) is 0 Å². The molecule has 170 valence electrons. The largest absolute Gasteiger partial charge is 0.378 e. The number of hydrogen-bond donors (Lipinski definition) is 0. The summed E-state index contributed by atoms with van der Waals surface area (Å²) in [6.45, 7) is 5.13. The van der Waals surface area contributed by atoms with E-state index in [1.54, 1.807) is 0 Å². The molecular weight excluding hydrogens is 416 g/mol. The fourth-order valence-corrected chi connectivity index (χ4v) is 5.05. The Morgan fingerprint density at radius 3 is 2.79 bits per heavy atom. The first-order chi connectivity index (χ1) is 16.3. The number of fused-ring (bicyclic) bond motifs is 1. The van der Waals surface area contributed by atoms with Crippen LogP contribution in [0.1, 0.15) is 30.3 Å². The second-order valence-corrected chi connectivity index (χ2v) is 8.87. The van der Waals surface area contributed by atoms with Crippen molar-refractivity contribution >= 4 is 16.7 Å². The molecule has 0 saturated carbocycles. The van der Waals surface area contributed by atoms with Crippen molar-refractivity contribution in [3.63, 3.8) is 0 Å². The van der Waals surface area contributed by atoms with Crippen LogP contribution in [0.3, 0.4) is 0 Å². The van der Waals surface area contributed by atoms with E-state index in [1.165, 1.54) is 16.5 Å². The predicted molar refractivity (Wildman–Crippen MR) is 126 cm³/mol. The first-order valence-electron chi connectivity index (χ1n) is 11.7. The first kappa shape index (κ1) is 20.4. The molecule has 0 N–H and O–H groups in total. The Morgan fingerprint density at radius 1 is 1.06 bits per heavy atom. The summed E-state index contributed by atoms with van der Waals surface area (Å²) in [5.41, 5.74) is 3.47. The molecule has 3 aromatic heterocycles. The molecule has 2 fully saturated rings. The number of para-hydroxylation sites is 1. The third-order valence-corrected chi connectivity index (χ3v) is 6.78. The van der Waals surface area contributed by atoms with Crippen LogP contribution >= 0.6 is 0 Å². The van der Waals surface area contributed by atoms with E-state index in [2.05, 4.69) is 62.0 Å². The molecule has 0 radical (unpaired) electrons. The number of benzene rings is 1. The summed E-state index contributed by atoms with van der Waals surface area (Å²) in [5, 5.41) is 5.59. The van der Waals surface area contributed by atoms with Gasteiger partial charge in [-0.05, 0) is 43.1 Å². The summed E-state index contributed by atoms with van der Waals surface area (Å²) >= 11 is 0. The molecule has 8 nitrogen and oxygen atoms in total. The summed E-state index contributed by atoms with van der Waals surface area (Å²) in [6.07, 6.45) is 6.23. The summed E-state index contributed by atoms with van der Waals surface area (Å²) < 4.78 is 13.4. The maximum absolute atomic E-state index is 5.75. The molecule has 0 spiro atoms. The van der Waals surface area contributed by atoms with Gasteiger partial charge in [0.15, 0.2) is 0 Å². The van der Waals surface area contributed by atoms with Crippen molar-refractivity contribution in [1.82, 2.24) is 24.6 Å². The van der Waals surface area contributed by atoms with Gasteiger partial charge in [-0.2, -0.15) is 4.98 Å². The number of anilines is 1. The van der Waals surface area contributed by atoms with Crippen molar-refractivity contribution in [1.29, 1.82) is 0 Å². The molecule has 0 aliphatic carbocycles. The lowest BCUT2D eigenvalue weighted by Gasteiger charge is -2.27. The van der Waals surface area contributed by atoms with Crippen molar-refractivity contribution in [2.45, 2.75) is 25.4 Å². The Balaban J connectivity index is 1.20. The van der Waals surface area contributed by atoms with Gasteiger partial charge in [0, 0.05) is 55.5 Å². The molecule has 8 heteroatoms. The molecule has 33 heavy (non-hydrogen) atoms. The third kappa shape index (κ3) is 3.89. The Kier molecular flexibility index (Phi) is 5.32. The van der Waals surface area contributed by atoms with Crippen molar-refractivity contribution < 1.29 is 9.26 Å². The molecule has 1 atom stereocenters. The molecule has 4 aromatic rings. The number of aromatic nitrogens is 4. The fourth-order valence-electron chi connectivity index (χ4n) is 5.05. The van der Waals surface area contributed by atoms with Crippen LogP contribution in [0.4, 0.5) is 5.82 Å². The lowest BCUT2D eigenvalue weighted by atomic mass is 10.1. The number of ether oxygens (including phenoxy) is 1. The van der Waals surface area contributed by atoms with Gasteiger partial charge in [-0.1, -0.05) is 23.4 Å². The van der Waals surface area contributed by atoms with Crippen LogP contribution in [-0.2, 0) is 18.3 Å². The van der Waals surface area contributed by atoms with Crippen LogP contribution in [0.2, 0.25) is 0 Å². The maximum Gasteiger partial charge on any atom is 0.244 e. The van der Waals surface area contributed by atoms with Gasteiger partial charge in [-0.15, -0.1) is 0 Å². The molecule has 2 aliphatic rings. The highest BCUT2D eigenvalue weighted by Gasteiger charge is 2.31. The molecular formula is C25H28N6O2. The molecule has 1 unspecified atom stereocenters. The second kappa shape index (κ2) is 8.61. The fraction of sp³-hybridized carbons (Fsp3) is 0.400. The zero-order valence-corrected chi connectivity index (χ0v) is 18.9. The molecule has 2 saturated heterocycles. The van der Waals surface area contributed by atoms with Crippen LogP contribution in [-0.4, -0.2) is 57.4 Å². The first-order valence-corrected chi connectivity index (χ1v) is 11.7. The zero-order chi connectivity index (χ0) is 22.2. The highest BCUT2D eigenvalue weighted by molar-refractivity contribution is 5.83. The molecule has 2 aliphatic heterocycles. The average Bonchev–Trinajstić information content (AvgIpc) is 3.60. The lowest BCUT2D eigenvalue weighted by molar-refractivity contribution is 0.122. The maximum atomic E-state index is 5.75. The smallest absolute Gasteiger partial charge is 0.244 e. The molecule has 0 amide bonds. The van der Waals surface area contributed by atoms with Gasteiger partial charge >= 0.3 is 0 Å². The molecule has 1 aromatic carbocycles. The number of pyridine rings is 1. The highest BCUT2D eigenvalue weighted by Crippen LogP contribution is 2.34. The topological polar surface area (TPSA) is 72.5 Å². The van der Waals surface area contributed by atoms with Crippen LogP contribution in [0.25, 0.3) is 22.3 Å². The van der Waals surface area contributed by atoms with E-state index in [1.807, 2.05) is 18.3 Å². The number of nitrogens with zero attached hydrogens (tertiary/aromatic N) is 6. The quantitative estimate of drug-likeness (QED) is 0.464. The number of rotatable bonds is 5. The van der Waals surface area contributed by atoms with E-state index in [9.17, 15) is 0 Å². The Hall–Kier alpha value is -3.23. The standard InChI is InChI=1S/C25H28N6O2/c1-29-16-19(20-5-2-3-6-21(20)29)17-31-10-4-7-22(31)25-27-24(28-33-25)18-8-9-23(26-15-18)30-11-13-32-14-12-30/h2-3,5-6,8-9,15-16,22H,4,7,10-14,17H2,1H3. The Bertz CT molecular complexity index is 1240. The minimum absolute atomic E-state index is 0.144. The second-order valence-electron chi connectivity index (χ2n) is 8.87. The minimum atomic E-state index is 0.144. The minimum Gasteiger partial charge on any atom is -0.378 e. The normalized spacial score (nSPS) is 19.5. The lowest BCUT2D eigenvalue weighted by Crippen LogP contribution is -2.36. The van der Waals surface area contributed by atoms with E-state index >= 15 is 0 Å².